The van der Waals surface area contributed by atoms with Gasteiger partial charge in [0.25, 0.3) is 0 Å². The highest BCUT2D eigenvalue weighted by Gasteiger charge is 2.21. The van der Waals surface area contributed by atoms with E-state index in [1.165, 1.54) is 5.57 Å². The maximum atomic E-state index is 12.1. The second-order valence-electron chi connectivity index (χ2n) is 7.66. The summed E-state index contributed by atoms with van der Waals surface area (Å²) in [4.78, 5) is 12.1. The molecule has 1 aromatic carbocycles. The molecule has 2 rings (SSSR count). The molecule has 1 atom stereocenters. The van der Waals surface area contributed by atoms with Crippen molar-refractivity contribution in [1.29, 1.82) is 0 Å². The highest BCUT2D eigenvalue weighted by molar-refractivity contribution is 5.75. The number of allylic oxidation sites excluding steroid dienone is 3. The molecule has 0 radical (unpaired) electrons. The van der Waals surface area contributed by atoms with Crippen LogP contribution in [0, 0.1) is 5.41 Å². The van der Waals surface area contributed by atoms with Crippen LogP contribution in [0.1, 0.15) is 45.6 Å². The molecular weight excluding hydrogens is 326 g/mol. The quantitative estimate of drug-likeness (QED) is 0.673. The van der Waals surface area contributed by atoms with Crippen LogP contribution in [0.3, 0.4) is 0 Å². The molecule has 4 nitrogen and oxygen atoms in total. The summed E-state index contributed by atoms with van der Waals surface area (Å²) in [5.74, 6) is 0.481. The highest BCUT2D eigenvalue weighted by Crippen LogP contribution is 2.20. The van der Waals surface area contributed by atoms with Gasteiger partial charge in [0, 0.05) is 0 Å². The molecule has 26 heavy (non-hydrogen) atoms. The number of hydrogen-bond donors (Lipinski definition) is 1. The van der Waals surface area contributed by atoms with Crippen molar-refractivity contribution in [3.8, 4) is 5.75 Å². The van der Waals surface area contributed by atoms with E-state index in [-0.39, 0.29) is 11.4 Å². The number of carbonyl (C=O) groups is 1. The lowest BCUT2D eigenvalue weighted by Crippen LogP contribution is -2.36. The van der Waals surface area contributed by atoms with Gasteiger partial charge in [0.1, 0.15) is 18.4 Å². The SMILES string of the molecule is CCC(C)(C)COC(=O)C(N)Cc1ccc(OCC2=CC=CCC2)cc1. The Bertz CT molecular complexity index is 644. The van der Waals surface area contributed by atoms with Gasteiger partial charge >= 0.3 is 5.97 Å². The van der Waals surface area contributed by atoms with Crippen LogP contribution in [0.2, 0.25) is 0 Å². The van der Waals surface area contributed by atoms with E-state index in [9.17, 15) is 4.79 Å². The summed E-state index contributed by atoms with van der Waals surface area (Å²) in [6, 6.07) is 7.11. The number of ether oxygens (including phenoxy) is 2. The van der Waals surface area contributed by atoms with Crippen LogP contribution in [-0.2, 0) is 16.0 Å². The lowest BCUT2D eigenvalue weighted by atomic mass is 9.92. The summed E-state index contributed by atoms with van der Waals surface area (Å²) in [7, 11) is 0. The molecule has 0 fully saturated rings. The van der Waals surface area contributed by atoms with Crippen LogP contribution < -0.4 is 10.5 Å². The number of carbonyl (C=O) groups excluding carboxylic acids is 1. The number of esters is 1. The fraction of sp³-hybridized carbons (Fsp3) is 0.500. The molecule has 1 unspecified atom stereocenters. The minimum absolute atomic E-state index is 0.0159. The van der Waals surface area contributed by atoms with E-state index in [1.807, 2.05) is 24.3 Å². The number of nitrogens with two attached hydrogens (primary N) is 1. The summed E-state index contributed by atoms with van der Waals surface area (Å²) in [5.41, 5.74) is 8.28. The fourth-order valence-electron chi connectivity index (χ4n) is 2.48. The van der Waals surface area contributed by atoms with E-state index < -0.39 is 6.04 Å². The number of benzene rings is 1. The predicted molar refractivity (Wildman–Crippen MR) is 105 cm³/mol. The molecule has 0 spiro atoms. The summed E-state index contributed by atoms with van der Waals surface area (Å²) in [5, 5.41) is 0. The first kappa shape index (κ1) is 20.2. The van der Waals surface area contributed by atoms with Gasteiger partial charge in [-0.3, -0.25) is 4.79 Å². The summed E-state index contributed by atoms with van der Waals surface area (Å²) >= 11 is 0. The van der Waals surface area contributed by atoms with E-state index in [0.29, 0.717) is 19.6 Å². The second kappa shape index (κ2) is 9.58. The van der Waals surface area contributed by atoms with Crippen LogP contribution in [0.4, 0.5) is 0 Å². The standard InChI is InChI=1S/C22H31NO3/c1-4-22(2,3)16-26-21(24)20(23)14-17-10-12-19(13-11-17)25-15-18-8-6-5-7-9-18/h5-6,8,10-13,20H,4,7,9,14-16,23H2,1-3H3. The Kier molecular flexibility index (Phi) is 7.46. The largest absolute Gasteiger partial charge is 0.489 e. The van der Waals surface area contributed by atoms with Gasteiger partial charge in [0.15, 0.2) is 0 Å². The summed E-state index contributed by atoms with van der Waals surface area (Å²) in [6.07, 6.45) is 9.90. The van der Waals surface area contributed by atoms with Crippen molar-refractivity contribution in [2.45, 2.75) is 52.5 Å². The Morgan fingerprint density at radius 2 is 2.00 bits per heavy atom. The third-order valence-corrected chi connectivity index (χ3v) is 4.77. The lowest BCUT2D eigenvalue weighted by molar-refractivity contribution is -0.148. The third kappa shape index (κ3) is 6.68. The predicted octanol–water partition coefficient (Wildman–Crippen LogP) is 4.19. The van der Waals surface area contributed by atoms with Gasteiger partial charge in [-0.2, -0.15) is 0 Å². The molecule has 0 heterocycles. The van der Waals surface area contributed by atoms with Gasteiger partial charge in [-0.25, -0.2) is 0 Å². The Balaban J connectivity index is 1.79. The van der Waals surface area contributed by atoms with E-state index in [0.717, 1.165) is 30.6 Å². The molecule has 2 N–H and O–H groups in total. The number of hydrogen-bond acceptors (Lipinski definition) is 4. The van der Waals surface area contributed by atoms with Gasteiger partial charge in [0.05, 0.1) is 6.61 Å². The van der Waals surface area contributed by atoms with Gasteiger partial charge in [-0.1, -0.05) is 51.1 Å². The van der Waals surface area contributed by atoms with Crippen molar-refractivity contribution < 1.29 is 14.3 Å². The van der Waals surface area contributed by atoms with Crippen LogP contribution in [0.15, 0.2) is 48.1 Å². The molecule has 142 valence electrons. The Morgan fingerprint density at radius 1 is 1.27 bits per heavy atom. The first-order valence-corrected chi connectivity index (χ1v) is 9.38. The normalized spacial score (nSPS) is 15.3. The molecule has 1 aromatic rings. The Labute approximate surface area is 157 Å². The van der Waals surface area contributed by atoms with E-state index >= 15 is 0 Å². The highest BCUT2D eigenvalue weighted by atomic mass is 16.5. The zero-order chi connectivity index (χ0) is 19.0. The van der Waals surface area contributed by atoms with E-state index in [1.54, 1.807) is 0 Å². The molecule has 0 amide bonds. The molecule has 0 bridgehead atoms. The summed E-state index contributed by atoms with van der Waals surface area (Å²) < 4.78 is 11.2. The maximum Gasteiger partial charge on any atom is 0.323 e. The van der Waals surface area contributed by atoms with Crippen molar-refractivity contribution in [1.82, 2.24) is 0 Å². The average molecular weight is 357 g/mol. The Morgan fingerprint density at radius 3 is 2.62 bits per heavy atom. The van der Waals surface area contributed by atoms with E-state index in [4.69, 9.17) is 15.2 Å². The van der Waals surface area contributed by atoms with Crippen LogP contribution in [0.25, 0.3) is 0 Å². The molecule has 1 aliphatic carbocycles. The zero-order valence-corrected chi connectivity index (χ0v) is 16.2. The van der Waals surface area contributed by atoms with Crippen molar-refractivity contribution >= 4 is 5.97 Å². The average Bonchev–Trinajstić information content (AvgIpc) is 2.66. The minimum atomic E-state index is -0.645. The first-order valence-electron chi connectivity index (χ1n) is 9.38. The van der Waals surface area contributed by atoms with Crippen LogP contribution in [-0.4, -0.2) is 25.2 Å². The molecular formula is C22H31NO3. The smallest absolute Gasteiger partial charge is 0.323 e. The molecule has 0 saturated carbocycles. The molecule has 0 aromatic heterocycles. The molecule has 4 heteroatoms. The van der Waals surface area contributed by atoms with Crippen molar-refractivity contribution in [2.24, 2.45) is 11.1 Å². The maximum absolute atomic E-state index is 12.1. The topological polar surface area (TPSA) is 61.5 Å². The minimum Gasteiger partial charge on any atom is -0.489 e. The van der Waals surface area contributed by atoms with Gasteiger partial charge in [-0.05, 0) is 54.4 Å². The third-order valence-electron chi connectivity index (χ3n) is 4.77. The monoisotopic (exact) mass is 357 g/mol. The Hall–Kier alpha value is -2.07. The van der Waals surface area contributed by atoms with Crippen molar-refractivity contribution in [2.75, 3.05) is 13.2 Å². The van der Waals surface area contributed by atoms with Crippen molar-refractivity contribution in [3.63, 3.8) is 0 Å². The fourth-order valence-corrected chi connectivity index (χ4v) is 2.48. The second-order valence-corrected chi connectivity index (χ2v) is 7.66. The van der Waals surface area contributed by atoms with Crippen LogP contribution in [0.5, 0.6) is 5.75 Å². The molecule has 1 aliphatic rings. The summed E-state index contributed by atoms with van der Waals surface area (Å²) in [6.45, 7) is 7.24. The van der Waals surface area contributed by atoms with Gasteiger partial charge in [0.2, 0.25) is 0 Å². The zero-order valence-electron chi connectivity index (χ0n) is 16.2. The van der Waals surface area contributed by atoms with Gasteiger partial charge < -0.3 is 15.2 Å². The van der Waals surface area contributed by atoms with E-state index in [2.05, 4.69) is 39.0 Å². The van der Waals surface area contributed by atoms with Crippen molar-refractivity contribution in [3.05, 3.63) is 53.6 Å². The lowest BCUT2D eigenvalue weighted by Gasteiger charge is -2.23. The molecule has 0 saturated heterocycles. The van der Waals surface area contributed by atoms with Crippen LogP contribution >= 0.6 is 0 Å². The molecule has 0 aliphatic heterocycles. The number of rotatable bonds is 9. The van der Waals surface area contributed by atoms with Gasteiger partial charge in [-0.15, -0.1) is 0 Å². The first-order chi connectivity index (χ1) is 12.4.